The van der Waals surface area contributed by atoms with Crippen LogP contribution in [0, 0.1) is 23.7 Å². The van der Waals surface area contributed by atoms with Gasteiger partial charge in [0.25, 0.3) is 0 Å². The van der Waals surface area contributed by atoms with Crippen molar-refractivity contribution in [2.75, 3.05) is 0 Å². The molecule has 2 nitrogen and oxygen atoms in total. The van der Waals surface area contributed by atoms with Crippen molar-refractivity contribution in [2.45, 2.75) is 0 Å². The molecule has 0 bridgehead atoms. The van der Waals surface area contributed by atoms with Gasteiger partial charge in [0.15, 0.2) is 0 Å². The Kier molecular flexibility index (Phi) is 5.52. The highest BCUT2D eigenvalue weighted by molar-refractivity contribution is 6.21. The lowest BCUT2D eigenvalue weighted by Crippen LogP contribution is -2.07. The first-order valence-electron chi connectivity index (χ1n) is 9.46. The third-order valence-electron chi connectivity index (χ3n) is 4.56. The van der Waals surface area contributed by atoms with Crippen molar-refractivity contribution in [1.82, 2.24) is 0 Å². The first-order chi connectivity index (χ1) is 14.7. The number of benzene rings is 4. The zero-order valence-electron chi connectivity index (χ0n) is 16.1. The summed E-state index contributed by atoms with van der Waals surface area (Å²) in [5, 5.41) is 1.74. The van der Waals surface area contributed by atoms with E-state index in [1.54, 1.807) is 12.1 Å². The van der Waals surface area contributed by atoms with Crippen molar-refractivity contribution in [2.24, 2.45) is 0 Å². The van der Waals surface area contributed by atoms with Gasteiger partial charge >= 0.3 is 0 Å². The molecule has 140 valence electrons. The maximum atomic E-state index is 12.9. The van der Waals surface area contributed by atoms with Crippen LogP contribution >= 0.6 is 0 Å². The monoisotopic (exact) mass is 384 g/mol. The lowest BCUT2D eigenvalue weighted by atomic mass is 9.95. The van der Waals surface area contributed by atoms with Gasteiger partial charge in [-0.2, -0.15) is 0 Å². The summed E-state index contributed by atoms with van der Waals surface area (Å²) in [6, 6.07) is 29.6. The highest BCUT2D eigenvalue weighted by atomic mass is 16.1. The second kappa shape index (κ2) is 8.74. The molecule has 0 fully saturated rings. The van der Waals surface area contributed by atoms with Crippen LogP contribution in [0.4, 0.5) is 0 Å². The minimum Gasteiger partial charge on any atom is -0.279 e. The predicted octanol–water partition coefficient (Wildman–Crippen LogP) is 5.31. The Balaban J connectivity index is 1.76. The van der Waals surface area contributed by atoms with E-state index < -0.39 is 11.6 Å². The summed E-state index contributed by atoms with van der Waals surface area (Å²) in [5.41, 5.74) is 2.01. The first kappa shape index (κ1) is 18.9. The lowest BCUT2D eigenvalue weighted by Gasteiger charge is -2.05. The van der Waals surface area contributed by atoms with Crippen molar-refractivity contribution in [3.8, 4) is 23.7 Å². The number of ketones is 2. The van der Waals surface area contributed by atoms with Crippen molar-refractivity contribution in [3.05, 3.63) is 119 Å². The normalized spacial score (nSPS) is 9.73. The van der Waals surface area contributed by atoms with Gasteiger partial charge in [0.05, 0.1) is 0 Å². The van der Waals surface area contributed by atoms with Crippen LogP contribution in [0.1, 0.15) is 31.8 Å². The van der Waals surface area contributed by atoms with E-state index in [-0.39, 0.29) is 11.1 Å². The van der Waals surface area contributed by atoms with E-state index in [2.05, 4.69) is 23.7 Å². The summed E-state index contributed by atoms with van der Waals surface area (Å²) >= 11 is 0. The van der Waals surface area contributed by atoms with Gasteiger partial charge in [-0.05, 0) is 59.0 Å². The van der Waals surface area contributed by atoms with E-state index in [0.29, 0.717) is 0 Å². The molecule has 0 saturated carbocycles. The number of carbonyl (C=O) groups excluding carboxylic acids is 2. The molecule has 4 rings (SSSR count). The van der Waals surface area contributed by atoms with Gasteiger partial charge in [0.1, 0.15) is 0 Å². The van der Waals surface area contributed by atoms with Gasteiger partial charge in [-0.1, -0.05) is 72.5 Å². The van der Waals surface area contributed by atoms with E-state index in [1.165, 1.54) is 0 Å². The van der Waals surface area contributed by atoms with Gasteiger partial charge < -0.3 is 0 Å². The van der Waals surface area contributed by atoms with Gasteiger partial charge in [-0.25, -0.2) is 0 Å². The standard InChI is InChI=1S/C28H16O2/c29-27(17-15-21-9-3-1-4-10-21)25-19-23-13-7-8-14-24(23)20-26(25)28(30)18-16-22-11-5-2-6-12-22/h1-14,19-20H. The van der Waals surface area contributed by atoms with E-state index in [1.807, 2.05) is 84.9 Å². The molecule has 30 heavy (non-hydrogen) atoms. The van der Waals surface area contributed by atoms with Crippen LogP contribution in [-0.4, -0.2) is 11.6 Å². The zero-order valence-corrected chi connectivity index (χ0v) is 16.1. The van der Waals surface area contributed by atoms with E-state index in [4.69, 9.17) is 0 Å². The summed E-state index contributed by atoms with van der Waals surface area (Å²) < 4.78 is 0. The number of rotatable bonds is 2. The summed E-state index contributed by atoms with van der Waals surface area (Å²) in [7, 11) is 0. The smallest absolute Gasteiger partial charge is 0.237 e. The quantitative estimate of drug-likeness (QED) is 0.347. The molecular formula is C28H16O2. The molecule has 0 radical (unpaired) electrons. The average molecular weight is 384 g/mol. The second-order valence-corrected chi connectivity index (χ2v) is 6.64. The maximum Gasteiger partial charge on any atom is 0.237 e. The fourth-order valence-corrected chi connectivity index (χ4v) is 3.05. The van der Waals surface area contributed by atoms with Gasteiger partial charge in [0.2, 0.25) is 11.6 Å². The molecule has 0 spiro atoms. The van der Waals surface area contributed by atoms with Crippen LogP contribution in [-0.2, 0) is 0 Å². The molecule has 4 aromatic rings. The number of hydrogen-bond acceptors (Lipinski definition) is 2. The summed E-state index contributed by atoms with van der Waals surface area (Å²) in [4.78, 5) is 25.8. The Bertz CT molecular complexity index is 1250. The molecule has 0 aliphatic carbocycles. The third-order valence-corrected chi connectivity index (χ3v) is 4.56. The maximum absolute atomic E-state index is 12.9. The third kappa shape index (κ3) is 4.36. The predicted molar refractivity (Wildman–Crippen MR) is 119 cm³/mol. The Morgan fingerprint density at radius 3 is 1.27 bits per heavy atom. The molecule has 2 heteroatoms. The lowest BCUT2D eigenvalue weighted by molar-refractivity contribution is 0.102. The SMILES string of the molecule is O=C(C#Cc1ccccc1)c1cc2ccccc2cc1C(=O)C#Cc1ccccc1. The average Bonchev–Trinajstić information content (AvgIpc) is 2.81. The molecule has 0 unspecified atom stereocenters. The van der Waals surface area contributed by atoms with Crippen LogP contribution in [0.2, 0.25) is 0 Å². The Labute approximate surface area is 175 Å². The summed E-state index contributed by atoms with van der Waals surface area (Å²) in [6.07, 6.45) is 0. The van der Waals surface area contributed by atoms with Gasteiger partial charge in [-0.15, -0.1) is 0 Å². The molecule has 0 atom stereocenters. The number of Topliss-reactive ketones (excluding diaryl/α,β-unsaturated/α-hetero) is 2. The molecular weight excluding hydrogens is 368 g/mol. The highest BCUT2D eigenvalue weighted by Gasteiger charge is 2.16. The number of carbonyl (C=O) groups is 2. The van der Waals surface area contributed by atoms with Crippen molar-refractivity contribution >= 4 is 22.3 Å². The van der Waals surface area contributed by atoms with Gasteiger partial charge in [-0.3, -0.25) is 9.59 Å². The fraction of sp³-hybridized carbons (Fsp3) is 0. The molecule has 0 aliphatic heterocycles. The van der Waals surface area contributed by atoms with E-state index in [9.17, 15) is 9.59 Å². The minimum atomic E-state index is -0.408. The highest BCUT2D eigenvalue weighted by Crippen LogP contribution is 2.21. The largest absolute Gasteiger partial charge is 0.279 e. The zero-order chi connectivity index (χ0) is 20.8. The molecule has 0 heterocycles. The minimum absolute atomic E-state index is 0.268. The molecule has 0 aliphatic rings. The second-order valence-electron chi connectivity index (χ2n) is 6.64. The van der Waals surface area contributed by atoms with E-state index in [0.717, 1.165) is 21.9 Å². The Hall–Kier alpha value is -4.40. The topological polar surface area (TPSA) is 34.1 Å². The number of fused-ring (bicyclic) bond motifs is 1. The van der Waals surface area contributed by atoms with Gasteiger partial charge in [0, 0.05) is 22.3 Å². The van der Waals surface area contributed by atoms with Crippen LogP contribution in [0.25, 0.3) is 10.8 Å². The molecule has 0 saturated heterocycles. The Morgan fingerprint density at radius 2 is 0.867 bits per heavy atom. The molecule has 0 amide bonds. The van der Waals surface area contributed by atoms with Crippen LogP contribution in [0.5, 0.6) is 0 Å². The first-order valence-corrected chi connectivity index (χ1v) is 9.46. The molecule has 4 aromatic carbocycles. The van der Waals surface area contributed by atoms with Crippen molar-refractivity contribution in [1.29, 1.82) is 0 Å². The molecule has 0 N–H and O–H groups in total. The Morgan fingerprint density at radius 1 is 0.500 bits per heavy atom. The van der Waals surface area contributed by atoms with Crippen molar-refractivity contribution < 1.29 is 9.59 Å². The number of hydrogen-bond donors (Lipinski definition) is 0. The van der Waals surface area contributed by atoms with Crippen molar-refractivity contribution in [3.63, 3.8) is 0 Å². The van der Waals surface area contributed by atoms with E-state index >= 15 is 0 Å². The molecule has 0 aromatic heterocycles. The van der Waals surface area contributed by atoms with Crippen LogP contribution in [0.3, 0.4) is 0 Å². The van der Waals surface area contributed by atoms with Crippen LogP contribution < -0.4 is 0 Å². The summed E-state index contributed by atoms with van der Waals surface area (Å²) in [5.74, 6) is 10.2. The van der Waals surface area contributed by atoms with Crippen LogP contribution in [0.15, 0.2) is 97.1 Å². The fourth-order valence-electron chi connectivity index (χ4n) is 3.05. The summed E-state index contributed by atoms with van der Waals surface area (Å²) in [6.45, 7) is 0.